The van der Waals surface area contributed by atoms with Crippen LogP contribution in [0, 0.1) is 0 Å². The zero-order chi connectivity index (χ0) is 14.2. The van der Waals surface area contributed by atoms with E-state index in [0.29, 0.717) is 6.04 Å². The Morgan fingerprint density at radius 1 is 1.29 bits per heavy atom. The SMILES string of the molecule is Cn1nccc1CN1CCC[C@H]1c1nc2c([nH]1)CCCC2. The molecule has 0 aromatic carbocycles. The molecule has 0 bridgehead atoms. The van der Waals surface area contributed by atoms with Crippen LogP contribution in [0.15, 0.2) is 12.3 Å². The van der Waals surface area contributed by atoms with Crippen LogP contribution >= 0.6 is 0 Å². The van der Waals surface area contributed by atoms with Crippen molar-refractivity contribution >= 4 is 0 Å². The summed E-state index contributed by atoms with van der Waals surface area (Å²) in [7, 11) is 2.02. The van der Waals surface area contributed by atoms with Crippen molar-refractivity contribution in [2.24, 2.45) is 7.05 Å². The van der Waals surface area contributed by atoms with Crippen molar-refractivity contribution in [3.63, 3.8) is 0 Å². The number of aromatic nitrogens is 4. The van der Waals surface area contributed by atoms with Crippen LogP contribution in [0.1, 0.15) is 54.6 Å². The number of likely N-dealkylation sites (tertiary alicyclic amines) is 1. The third-order valence-electron chi connectivity index (χ3n) is 4.94. The third-order valence-corrected chi connectivity index (χ3v) is 4.94. The van der Waals surface area contributed by atoms with E-state index in [1.54, 1.807) is 0 Å². The number of rotatable bonds is 3. The minimum absolute atomic E-state index is 0.450. The highest BCUT2D eigenvalue weighted by Crippen LogP contribution is 2.33. The monoisotopic (exact) mass is 285 g/mol. The molecule has 0 spiro atoms. The van der Waals surface area contributed by atoms with Crippen molar-refractivity contribution in [3.05, 3.63) is 35.2 Å². The average Bonchev–Trinajstić information content (AvgIpc) is 3.19. The molecule has 1 saturated heterocycles. The van der Waals surface area contributed by atoms with Crippen molar-refractivity contribution in [1.82, 2.24) is 24.6 Å². The van der Waals surface area contributed by atoms with E-state index in [1.807, 2.05) is 17.9 Å². The van der Waals surface area contributed by atoms with Gasteiger partial charge in [-0.3, -0.25) is 9.58 Å². The minimum atomic E-state index is 0.450. The van der Waals surface area contributed by atoms with Gasteiger partial charge in [-0.05, 0) is 51.1 Å². The zero-order valence-corrected chi connectivity index (χ0v) is 12.7. The van der Waals surface area contributed by atoms with E-state index in [-0.39, 0.29) is 0 Å². The first-order valence-electron chi connectivity index (χ1n) is 8.10. The molecule has 3 heterocycles. The quantitative estimate of drug-likeness (QED) is 0.942. The summed E-state index contributed by atoms with van der Waals surface area (Å²) in [5.41, 5.74) is 3.99. The molecule has 1 aliphatic heterocycles. The van der Waals surface area contributed by atoms with E-state index in [0.717, 1.165) is 19.5 Å². The number of aryl methyl sites for hydroxylation is 3. The van der Waals surface area contributed by atoms with Gasteiger partial charge in [0.15, 0.2) is 0 Å². The summed E-state index contributed by atoms with van der Waals surface area (Å²) in [5, 5.41) is 4.28. The molecule has 1 N–H and O–H groups in total. The Balaban J connectivity index is 1.56. The van der Waals surface area contributed by atoms with Gasteiger partial charge in [-0.25, -0.2) is 4.98 Å². The van der Waals surface area contributed by atoms with Gasteiger partial charge < -0.3 is 4.98 Å². The molecule has 2 aromatic rings. The van der Waals surface area contributed by atoms with E-state index in [4.69, 9.17) is 4.98 Å². The molecule has 0 radical (unpaired) electrons. The van der Waals surface area contributed by atoms with Crippen molar-refractivity contribution in [2.45, 2.75) is 51.1 Å². The number of H-pyrrole nitrogens is 1. The van der Waals surface area contributed by atoms with Gasteiger partial charge in [-0.2, -0.15) is 5.10 Å². The predicted octanol–water partition coefficient (Wildman–Crippen LogP) is 2.36. The lowest BCUT2D eigenvalue weighted by Crippen LogP contribution is -2.24. The molecule has 1 fully saturated rings. The van der Waals surface area contributed by atoms with Gasteiger partial charge in [0.05, 0.1) is 17.4 Å². The molecule has 21 heavy (non-hydrogen) atoms. The molecular weight excluding hydrogens is 262 g/mol. The van der Waals surface area contributed by atoms with Crippen molar-refractivity contribution < 1.29 is 0 Å². The van der Waals surface area contributed by atoms with Crippen LogP contribution < -0.4 is 0 Å². The molecule has 5 nitrogen and oxygen atoms in total. The summed E-state index contributed by atoms with van der Waals surface area (Å²) >= 11 is 0. The lowest BCUT2D eigenvalue weighted by Gasteiger charge is -2.22. The maximum atomic E-state index is 4.92. The summed E-state index contributed by atoms with van der Waals surface area (Å²) in [4.78, 5) is 11.1. The highest BCUT2D eigenvalue weighted by atomic mass is 15.3. The topological polar surface area (TPSA) is 49.7 Å². The Hall–Kier alpha value is -1.62. The van der Waals surface area contributed by atoms with E-state index in [1.165, 1.54) is 55.0 Å². The Labute approximate surface area is 125 Å². The van der Waals surface area contributed by atoms with Crippen LogP contribution in [0.4, 0.5) is 0 Å². The van der Waals surface area contributed by atoms with Crippen LogP contribution in [0.25, 0.3) is 0 Å². The van der Waals surface area contributed by atoms with Crippen LogP contribution in [0.5, 0.6) is 0 Å². The molecular formula is C16H23N5. The van der Waals surface area contributed by atoms with Crippen molar-refractivity contribution in [2.75, 3.05) is 6.54 Å². The smallest absolute Gasteiger partial charge is 0.124 e. The Bertz CT molecular complexity index is 603. The number of aromatic amines is 1. The number of hydrogen-bond acceptors (Lipinski definition) is 3. The average molecular weight is 285 g/mol. The normalized spacial score (nSPS) is 22.6. The first kappa shape index (κ1) is 13.1. The molecule has 0 amide bonds. The molecule has 2 aliphatic rings. The molecule has 4 rings (SSSR count). The highest BCUT2D eigenvalue weighted by molar-refractivity contribution is 5.20. The predicted molar refractivity (Wildman–Crippen MR) is 80.8 cm³/mol. The summed E-state index contributed by atoms with van der Waals surface area (Å²) in [6, 6.07) is 2.56. The van der Waals surface area contributed by atoms with Gasteiger partial charge in [0.25, 0.3) is 0 Å². The standard InChI is InChI=1S/C16H23N5/c1-20-12(8-9-17-20)11-21-10-4-7-15(21)16-18-13-5-2-3-6-14(13)19-16/h8-9,15H,2-7,10-11H2,1H3,(H,18,19)/t15-/m0/s1. The van der Waals surface area contributed by atoms with Gasteiger partial charge in [0.1, 0.15) is 5.82 Å². The largest absolute Gasteiger partial charge is 0.344 e. The lowest BCUT2D eigenvalue weighted by atomic mass is 10.0. The summed E-state index contributed by atoms with van der Waals surface area (Å²) in [6.07, 6.45) is 9.28. The van der Waals surface area contributed by atoms with Gasteiger partial charge >= 0.3 is 0 Å². The van der Waals surface area contributed by atoms with Crippen molar-refractivity contribution in [1.29, 1.82) is 0 Å². The second-order valence-electron chi connectivity index (χ2n) is 6.33. The van der Waals surface area contributed by atoms with Crippen LogP contribution in [0.2, 0.25) is 0 Å². The minimum Gasteiger partial charge on any atom is -0.344 e. The fraction of sp³-hybridized carbons (Fsp3) is 0.625. The van der Waals surface area contributed by atoms with E-state index in [9.17, 15) is 0 Å². The molecule has 5 heteroatoms. The third kappa shape index (κ3) is 2.39. The highest BCUT2D eigenvalue weighted by Gasteiger charge is 2.30. The maximum Gasteiger partial charge on any atom is 0.124 e. The fourth-order valence-electron chi connectivity index (χ4n) is 3.72. The van der Waals surface area contributed by atoms with E-state index < -0.39 is 0 Å². The molecule has 112 valence electrons. The maximum absolute atomic E-state index is 4.92. The summed E-state index contributed by atoms with van der Waals surface area (Å²) < 4.78 is 1.97. The van der Waals surface area contributed by atoms with Crippen LogP contribution in [0.3, 0.4) is 0 Å². The van der Waals surface area contributed by atoms with Crippen LogP contribution in [-0.4, -0.2) is 31.2 Å². The number of hydrogen-bond donors (Lipinski definition) is 1. The van der Waals surface area contributed by atoms with Gasteiger partial charge in [0.2, 0.25) is 0 Å². The zero-order valence-electron chi connectivity index (χ0n) is 12.7. The first-order valence-corrected chi connectivity index (χ1v) is 8.10. The molecule has 0 saturated carbocycles. The number of nitrogens with zero attached hydrogens (tertiary/aromatic N) is 4. The number of fused-ring (bicyclic) bond motifs is 1. The van der Waals surface area contributed by atoms with E-state index >= 15 is 0 Å². The molecule has 1 atom stereocenters. The van der Waals surface area contributed by atoms with E-state index in [2.05, 4.69) is 21.0 Å². The Morgan fingerprint density at radius 3 is 3.00 bits per heavy atom. The van der Waals surface area contributed by atoms with Crippen LogP contribution in [-0.2, 0) is 26.4 Å². The first-order chi connectivity index (χ1) is 10.3. The fourth-order valence-corrected chi connectivity index (χ4v) is 3.72. The Morgan fingerprint density at radius 2 is 2.19 bits per heavy atom. The lowest BCUT2D eigenvalue weighted by molar-refractivity contribution is 0.234. The van der Waals surface area contributed by atoms with Gasteiger partial charge in [0, 0.05) is 25.5 Å². The van der Waals surface area contributed by atoms with Gasteiger partial charge in [-0.1, -0.05) is 0 Å². The number of nitrogens with one attached hydrogen (secondary N) is 1. The summed E-state index contributed by atoms with van der Waals surface area (Å²) in [6.45, 7) is 2.12. The van der Waals surface area contributed by atoms with Crippen molar-refractivity contribution in [3.8, 4) is 0 Å². The Kier molecular flexibility index (Phi) is 3.30. The second kappa shape index (κ2) is 5.30. The van der Waals surface area contributed by atoms with Gasteiger partial charge in [-0.15, -0.1) is 0 Å². The summed E-state index contributed by atoms with van der Waals surface area (Å²) in [5.74, 6) is 1.20. The molecule has 2 aromatic heterocycles. The second-order valence-corrected chi connectivity index (χ2v) is 6.33. The number of imidazole rings is 1. The molecule has 0 unspecified atom stereocenters. The molecule has 1 aliphatic carbocycles.